The Morgan fingerprint density at radius 2 is 1.88 bits per heavy atom. The van der Waals surface area contributed by atoms with Gasteiger partial charge < -0.3 is 14.1 Å². The number of halogens is 1. The summed E-state index contributed by atoms with van der Waals surface area (Å²) in [6.45, 7) is 2.12. The molecule has 12 heteroatoms. The molecule has 33 heavy (non-hydrogen) atoms. The summed E-state index contributed by atoms with van der Waals surface area (Å²) in [5.41, 5.74) is 0.659. The molecule has 2 aromatic carbocycles. The summed E-state index contributed by atoms with van der Waals surface area (Å²) in [6, 6.07) is 8.76. The van der Waals surface area contributed by atoms with Gasteiger partial charge in [0, 0.05) is 43.2 Å². The second kappa shape index (κ2) is 8.65. The molecular formula is C21H20ClN3O7S. The third kappa shape index (κ3) is 4.03. The number of carbonyl (C=O) groups is 1. The van der Waals surface area contributed by atoms with Gasteiger partial charge in [0.15, 0.2) is 17.1 Å². The van der Waals surface area contributed by atoms with E-state index in [1.165, 1.54) is 28.4 Å². The minimum absolute atomic E-state index is 0.0318. The van der Waals surface area contributed by atoms with Crippen molar-refractivity contribution in [2.75, 3.05) is 33.3 Å². The van der Waals surface area contributed by atoms with Crippen LogP contribution in [0.25, 0.3) is 11.0 Å². The lowest BCUT2D eigenvalue weighted by atomic mass is 10.1. The van der Waals surface area contributed by atoms with Crippen molar-refractivity contribution in [2.45, 2.75) is 11.8 Å². The molecule has 0 N–H and O–H groups in total. The molecule has 4 rings (SSSR count). The van der Waals surface area contributed by atoms with Gasteiger partial charge in [0.25, 0.3) is 5.91 Å². The number of amides is 1. The fraction of sp³-hybridized carbons (Fsp3) is 0.286. The molecule has 0 saturated carbocycles. The van der Waals surface area contributed by atoms with Gasteiger partial charge in [-0.25, -0.2) is 8.42 Å². The number of nitro groups is 1. The zero-order chi connectivity index (χ0) is 23.9. The van der Waals surface area contributed by atoms with Crippen LogP contribution in [0.5, 0.6) is 5.75 Å². The van der Waals surface area contributed by atoms with E-state index in [9.17, 15) is 23.3 Å². The van der Waals surface area contributed by atoms with Gasteiger partial charge >= 0.3 is 5.69 Å². The average molecular weight is 494 g/mol. The Bertz CT molecular complexity index is 1360. The fourth-order valence-electron chi connectivity index (χ4n) is 3.81. The topological polar surface area (TPSA) is 123 Å². The highest BCUT2D eigenvalue weighted by atomic mass is 35.5. The number of aryl methyl sites for hydroxylation is 1. The number of nitro benzene ring substituents is 1. The molecule has 0 aliphatic carbocycles. The molecule has 0 radical (unpaired) electrons. The van der Waals surface area contributed by atoms with Gasteiger partial charge in [-0.3, -0.25) is 14.9 Å². The maximum absolute atomic E-state index is 13.1. The highest BCUT2D eigenvalue weighted by Gasteiger charge is 2.33. The van der Waals surface area contributed by atoms with Gasteiger partial charge in [-0.2, -0.15) is 4.31 Å². The van der Waals surface area contributed by atoms with Crippen molar-refractivity contribution in [1.29, 1.82) is 0 Å². The monoisotopic (exact) mass is 493 g/mol. The first kappa shape index (κ1) is 23.0. The third-order valence-corrected chi connectivity index (χ3v) is 7.81. The zero-order valence-electron chi connectivity index (χ0n) is 17.8. The van der Waals surface area contributed by atoms with Gasteiger partial charge in [0.05, 0.1) is 22.0 Å². The Kier molecular flexibility index (Phi) is 6.04. The number of para-hydroxylation sites is 1. The molecule has 1 amide bonds. The van der Waals surface area contributed by atoms with Gasteiger partial charge in [-0.15, -0.1) is 0 Å². The lowest BCUT2D eigenvalue weighted by molar-refractivity contribution is -0.386. The summed E-state index contributed by atoms with van der Waals surface area (Å²) in [4.78, 5) is 24.9. The lowest BCUT2D eigenvalue weighted by Crippen LogP contribution is -2.50. The van der Waals surface area contributed by atoms with Crippen molar-refractivity contribution in [3.63, 3.8) is 0 Å². The van der Waals surface area contributed by atoms with Crippen LogP contribution in [0.15, 0.2) is 45.7 Å². The molecule has 1 aliphatic heterocycles. The van der Waals surface area contributed by atoms with E-state index in [0.717, 1.165) is 11.5 Å². The van der Waals surface area contributed by atoms with Crippen molar-refractivity contribution in [3.05, 3.63) is 62.9 Å². The van der Waals surface area contributed by atoms with Gasteiger partial charge in [-0.05, 0) is 25.1 Å². The third-order valence-electron chi connectivity index (χ3n) is 5.62. The van der Waals surface area contributed by atoms with Gasteiger partial charge in [0.1, 0.15) is 0 Å². The maximum atomic E-state index is 13.1. The van der Waals surface area contributed by atoms with Crippen LogP contribution in [-0.4, -0.2) is 61.7 Å². The smallest absolute Gasteiger partial charge is 0.312 e. The predicted octanol–water partition coefficient (Wildman–Crippen LogP) is 3.46. The summed E-state index contributed by atoms with van der Waals surface area (Å²) in [7, 11) is -2.73. The largest absolute Gasteiger partial charge is 0.490 e. The molecule has 0 unspecified atom stereocenters. The number of fused-ring (bicyclic) bond motifs is 1. The van der Waals surface area contributed by atoms with Crippen LogP contribution in [0.3, 0.4) is 0 Å². The van der Waals surface area contributed by atoms with Crippen LogP contribution < -0.4 is 4.74 Å². The first-order valence-electron chi connectivity index (χ1n) is 9.94. The van der Waals surface area contributed by atoms with E-state index in [4.69, 9.17) is 20.8 Å². The molecule has 174 valence electrons. The van der Waals surface area contributed by atoms with E-state index in [1.807, 2.05) is 6.07 Å². The first-order chi connectivity index (χ1) is 15.6. The number of hydrogen-bond donors (Lipinski definition) is 0. The molecule has 1 aliphatic rings. The van der Waals surface area contributed by atoms with E-state index in [1.54, 1.807) is 19.1 Å². The van der Waals surface area contributed by atoms with E-state index in [-0.39, 0.29) is 48.5 Å². The number of furan rings is 1. The molecule has 0 bridgehead atoms. The van der Waals surface area contributed by atoms with E-state index >= 15 is 0 Å². The second-order valence-electron chi connectivity index (χ2n) is 7.46. The Balaban J connectivity index is 1.53. The van der Waals surface area contributed by atoms with E-state index in [0.29, 0.717) is 16.2 Å². The minimum Gasteiger partial charge on any atom is -0.490 e. The van der Waals surface area contributed by atoms with E-state index < -0.39 is 20.6 Å². The van der Waals surface area contributed by atoms with Crippen molar-refractivity contribution < 1.29 is 27.3 Å². The first-order valence-corrected chi connectivity index (χ1v) is 11.8. The minimum atomic E-state index is -4.00. The summed E-state index contributed by atoms with van der Waals surface area (Å²) in [6.07, 6.45) is 0. The Hall–Kier alpha value is -3.15. The second-order valence-corrected chi connectivity index (χ2v) is 9.80. The number of rotatable bonds is 5. The molecular weight excluding hydrogens is 474 g/mol. The SMILES string of the molecule is COc1ccc(S(=O)(=O)N2CCN(C(=O)c3oc4c(Cl)cccc4c3C)CC2)cc1[N+](=O)[O-]. The van der Waals surface area contributed by atoms with Crippen LogP contribution in [-0.2, 0) is 10.0 Å². The molecule has 1 aromatic heterocycles. The summed E-state index contributed by atoms with van der Waals surface area (Å²) >= 11 is 6.17. The van der Waals surface area contributed by atoms with Crippen molar-refractivity contribution >= 4 is 44.2 Å². The van der Waals surface area contributed by atoms with Crippen molar-refractivity contribution in [1.82, 2.24) is 9.21 Å². The van der Waals surface area contributed by atoms with Crippen LogP contribution in [0.2, 0.25) is 5.02 Å². The van der Waals surface area contributed by atoms with Crippen LogP contribution in [0.4, 0.5) is 5.69 Å². The number of hydrogen-bond acceptors (Lipinski definition) is 7. The number of nitrogens with zero attached hydrogens (tertiary/aromatic N) is 3. The number of ether oxygens (including phenoxy) is 1. The summed E-state index contributed by atoms with van der Waals surface area (Å²) < 4.78 is 37.9. The Labute approximate surface area is 194 Å². The number of methoxy groups -OCH3 is 1. The highest BCUT2D eigenvalue weighted by molar-refractivity contribution is 7.89. The van der Waals surface area contributed by atoms with Crippen molar-refractivity contribution in [2.24, 2.45) is 0 Å². The Morgan fingerprint density at radius 1 is 1.18 bits per heavy atom. The highest BCUT2D eigenvalue weighted by Crippen LogP contribution is 2.33. The standard InChI is InChI=1S/C21H20ClN3O7S/c1-13-15-4-3-5-16(22)20(15)32-19(13)21(26)23-8-10-24(11-9-23)33(29,30)14-6-7-18(31-2)17(12-14)25(27)28/h3-7,12H,8-11H2,1-2H3. The fourth-order valence-corrected chi connectivity index (χ4v) is 5.47. The number of piperazine rings is 1. The average Bonchev–Trinajstić information content (AvgIpc) is 3.16. The molecule has 0 atom stereocenters. The summed E-state index contributed by atoms with van der Waals surface area (Å²) in [5, 5.41) is 12.4. The quantitative estimate of drug-likeness (QED) is 0.394. The number of sulfonamides is 1. The molecule has 2 heterocycles. The molecule has 1 fully saturated rings. The zero-order valence-corrected chi connectivity index (χ0v) is 19.4. The predicted molar refractivity (Wildman–Crippen MR) is 120 cm³/mol. The summed E-state index contributed by atoms with van der Waals surface area (Å²) in [5.74, 6) is -0.215. The lowest BCUT2D eigenvalue weighted by Gasteiger charge is -2.33. The normalized spacial score (nSPS) is 15.1. The number of benzene rings is 2. The van der Waals surface area contributed by atoms with Crippen LogP contribution in [0, 0.1) is 17.0 Å². The Morgan fingerprint density at radius 3 is 2.48 bits per heavy atom. The van der Waals surface area contributed by atoms with Crippen LogP contribution >= 0.6 is 11.6 Å². The number of carbonyl (C=O) groups excluding carboxylic acids is 1. The van der Waals surface area contributed by atoms with Crippen LogP contribution in [0.1, 0.15) is 16.1 Å². The maximum Gasteiger partial charge on any atom is 0.312 e. The molecule has 0 spiro atoms. The van der Waals surface area contributed by atoms with Gasteiger partial charge in [-0.1, -0.05) is 23.7 Å². The van der Waals surface area contributed by atoms with Gasteiger partial charge in [0.2, 0.25) is 10.0 Å². The van der Waals surface area contributed by atoms with E-state index in [2.05, 4.69) is 0 Å². The molecule has 3 aromatic rings. The van der Waals surface area contributed by atoms with Crippen molar-refractivity contribution in [3.8, 4) is 5.75 Å². The molecule has 1 saturated heterocycles. The molecule has 10 nitrogen and oxygen atoms in total.